The van der Waals surface area contributed by atoms with E-state index in [0.717, 1.165) is 5.69 Å². The highest BCUT2D eigenvalue weighted by Crippen LogP contribution is 2.09. The number of alkyl carbamates (subject to hydrolysis) is 1. The number of rotatable bonds is 5. The van der Waals surface area contributed by atoms with Crippen molar-refractivity contribution in [3.05, 3.63) is 29.8 Å². The lowest BCUT2D eigenvalue weighted by atomic mass is 10.2. The fourth-order valence-corrected chi connectivity index (χ4v) is 1.47. The molecule has 1 rings (SSSR count). The normalized spacial score (nSPS) is 10.7. The van der Waals surface area contributed by atoms with Gasteiger partial charge >= 0.3 is 12.1 Å². The number of nitrogens with one attached hydrogen (secondary N) is 2. The van der Waals surface area contributed by atoms with Gasteiger partial charge in [0.15, 0.2) is 0 Å². The van der Waals surface area contributed by atoms with Gasteiger partial charge in [0.05, 0.1) is 12.1 Å². The summed E-state index contributed by atoms with van der Waals surface area (Å²) in [7, 11) is 1.80. The Morgan fingerprint density at radius 2 is 1.76 bits per heavy atom. The van der Waals surface area contributed by atoms with Crippen LogP contribution in [-0.4, -0.2) is 37.9 Å². The van der Waals surface area contributed by atoms with Crippen molar-refractivity contribution in [2.45, 2.75) is 26.4 Å². The Balaban J connectivity index is 2.28. The first-order valence-electron chi connectivity index (χ1n) is 6.73. The van der Waals surface area contributed by atoms with Crippen molar-refractivity contribution in [3.63, 3.8) is 0 Å². The maximum absolute atomic E-state index is 11.7. The Hall–Kier alpha value is -2.24. The minimum atomic E-state index is -0.546. The summed E-state index contributed by atoms with van der Waals surface area (Å²) in [5.41, 5.74) is 0.833. The minimum Gasteiger partial charge on any atom is -0.460 e. The third-order valence-electron chi connectivity index (χ3n) is 2.41. The van der Waals surface area contributed by atoms with Crippen molar-refractivity contribution in [1.29, 1.82) is 0 Å². The number of hydrogen-bond acceptors (Lipinski definition) is 5. The van der Waals surface area contributed by atoms with E-state index in [1.807, 2.05) is 0 Å². The van der Waals surface area contributed by atoms with Crippen LogP contribution < -0.4 is 10.6 Å². The van der Waals surface area contributed by atoms with Gasteiger partial charge in [-0.15, -0.1) is 0 Å². The third-order valence-corrected chi connectivity index (χ3v) is 2.41. The highest BCUT2D eigenvalue weighted by atomic mass is 16.6. The van der Waals surface area contributed by atoms with Crippen molar-refractivity contribution in [1.82, 2.24) is 5.32 Å². The third kappa shape index (κ3) is 6.65. The smallest absolute Gasteiger partial charge is 0.407 e. The minimum absolute atomic E-state index is 0.0891. The molecule has 0 bridgehead atoms. The highest BCUT2D eigenvalue weighted by Gasteiger charge is 2.15. The maximum Gasteiger partial charge on any atom is 0.407 e. The Morgan fingerprint density at radius 1 is 1.14 bits per heavy atom. The Kier molecular flexibility index (Phi) is 6.02. The van der Waals surface area contributed by atoms with E-state index in [0.29, 0.717) is 5.56 Å². The van der Waals surface area contributed by atoms with Crippen LogP contribution >= 0.6 is 0 Å². The van der Waals surface area contributed by atoms with E-state index in [1.54, 1.807) is 52.1 Å². The second kappa shape index (κ2) is 7.52. The molecule has 0 unspecified atom stereocenters. The molecule has 0 aliphatic carbocycles. The number of hydrogen-bond donors (Lipinski definition) is 2. The molecule has 0 atom stereocenters. The van der Waals surface area contributed by atoms with Crippen molar-refractivity contribution < 1.29 is 19.1 Å². The number of ether oxygens (including phenoxy) is 2. The standard InChI is InChI=1S/C15H22N2O4/c1-15(2,3)21-14(19)17-9-10-20-13(18)11-5-7-12(16-4)8-6-11/h5-8,16H,9-10H2,1-4H3,(H,17,19). The number of carbonyl (C=O) groups excluding carboxylic acids is 2. The highest BCUT2D eigenvalue weighted by molar-refractivity contribution is 5.89. The average Bonchev–Trinajstić information content (AvgIpc) is 2.41. The lowest BCUT2D eigenvalue weighted by Crippen LogP contribution is -2.34. The first kappa shape index (κ1) is 16.8. The maximum atomic E-state index is 11.7. The van der Waals surface area contributed by atoms with E-state index in [2.05, 4.69) is 10.6 Å². The second-order valence-corrected chi connectivity index (χ2v) is 5.39. The molecule has 6 nitrogen and oxygen atoms in total. The number of esters is 1. The molecule has 0 aliphatic heterocycles. The van der Waals surface area contributed by atoms with Gasteiger partial charge in [0.2, 0.25) is 0 Å². The zero-order valence-corrected chi connectivity index (χ0v) is 12.9. The first-order chi connectivity index (χ1) is 9.81. The summed E-state index contributed by atoms with van der Waals surface area (Å²) < 4.78 is 10.1. The topological polar surface area (TPSA) is 76.7 Å². The van der Waals surface area contributed by atoms with Gasteiger partial charge in [-0.25, -0.2) is 9.59 Å². The molecule has 21 heavy (non-hydrogen) atoms. The second-order valence-electron chi connectivity index (χ2n) is 5.39. The summed E-state index contributed by atoms with van der Waals surface area (Å²) in [6, 6.07) is 6.93. The monoisotopic (exact) mass is 294 g/mol. The Labute approximate surface area is 124 Å². The number of amides is 1. The van der Waals surface area contributed by atoms with Gasteiger partial charge in [-0.2, -0.15) is 0 Å². The van der Waals surface area contributed by atoms with Crippen LogP contribution in [0.15, 0.2) is 24.3 Å². The average molecular weight is 294 g/mol. The van der Waals surface area contributed by atoms with Gasteiger partial charge < -0.3 is 20.1 Å². The van der Waals surface area contributed by atoms with Crippen molar-refractivity contribution in [2.24, 2.45) is 0 Å². The van der Waals surface area contributed by atoms with Gasteiger partial charge in [-0.1, -0.05) is 0 Å². The number of benzene rings is 1. The zero-order valence-electron chi connectivity index (χ0n) is 12.9. The van der Waals surface area contributed by atoms with Crippen LogP contribution in [0, 0.1) is 0 Å². The van der Waals surface area contributed by atoms with Crippen LogP contribution in [0.3, 0.4) is 0 Å². The molecular weight excluding hydrogens is 272 g/mol. The molecule has 116 valence electrons. The van der Waals surface area contributed by atoms with Crippen LogP contribution in [0.5, 0.6) is 0 Å². The quantitative estimate of drug-likeness (QED) is 0.644. The van der Waals surface area contributed by atoms with Gasteiger partial charge in [0.1, 0.15) is 12.2 Å². The summed E-state index contributed by atoms with van der Waals surface area (Å²) in [5, 5.41) is 5.48. The largest absolute Gasteiger partial charge is 0.460 e. The van der Waals surface area contributed by atoms with E-state index in [4.69, 9.17) is 9.47 Å². The zero-order chi connectivity index (χ0) is 15.9. The number of anilines is 1. The molecule has 1 aromatic carbocycles. The van der Waals surface area contributed by atoms with Gasteiger partial charge in [-0.05, 0) is 45.0 Å². The van der Waals surface area contributed by atoms with Crippen LogP contribution in [-0.2, 0) is 9.47 Å². The van der Waals surface area contributed by atoms with Crippen LogP contribution in [0.2, 0.25) is 0 Å². The molecule has 2 N–H and O–H groups in total. The Bertz CT molecular complexity index is 477. The van der Waals surface area contributed by atoms with Crippen molar-refractivity contribution in [3.8, 4) is 0 Å². The van der Waals surface area contributed by atoms with Gasteiger partial charge in [0.25, 0.3) is 0 Å². The summed E-state index contributed by atoms with van der Waals surface area (Å²) >= 11 is 0. The lowest BCUT2D eigenvalue weighted by Gasteiger charge is -2.19. The van der Waals surface area contributed by atoms with Crippen molar-refractivity contribution in [2.75, 3.05) is 25.5 Å². The summed E-state index contributed by atoms with van der Waals surface area (Å²) in [6.45, 7) is 5.63. The van der Waals surface area contributed by atoms with E-state index in [9.17, 15) is 9.59 Å². The lowest BCUT2D eigenvalue weighted by molar-refractivity contribution is 0.0434. The molecule has 0 radical (unpaired) electrons. The number of carbonyl (C=O) groups is 2. The molecule has 0 heterocycles. The molecule has 6 heteroatoms. The SMILES string of the molecule is CNc1ccc(C(=O)OCCNC(=O)OC(C)(C)C)cc1. The molecule has 1 amide bonds. The van der Waals surface area contributed by atoms with Crippen LogP contribution in [0.25, 0.3) is 0 Å². The molecular formula is C15H22N2O4. The van der Waals surface area contributed by atoms with E-state index in [-0.39, 0.29) is 13.2 Å². The van der Waals surface area contributed by atoms with Crippen LogP contribution in [0.1, 0.15) is 31.1 Å². The molecule has 0 aliphatic rings. The molecule has 0 saturated heterocycles. The van der Waals surface area contributed by atoms with Gasteiger partial charge in [0, 0.05) is 12.7 Å². The van der Waals surface area contributed by atoms with Crippen LogP contribution in [0.4, 0.5) is 10.5 Å². The summed E-state index contributed by atoms with van der Waals surface area (Å²) in [6.07, 6.45) is -0.531. The van der Waals surface area contributed by atoms with Gasteiger partial charge in [-0.3, -0.25) is 0 Å². The van der Waals surface area contributed by atoms with Crippen molar-refractivity contribution >= 4 is 17.7 Å². The molecule has 0 spiro atoms. The fraction of sp³-hybridized carbons (Fsp3) is 0.467. The van der Waals surface area contributed by atoms with E-state index in [1.165, 1.54) is 0 Å². The fourth-order valence-electron chi connectivity index (χ4n) is 1.47. The molecule has 1 aromatic rings. The molecule has 0 aromatic heterocycles. The first-order valence-corrected chi connectivity index (χ1v) is 6.73. The molecule has 0 saturated carbocycles. The summed E-state index contributed by atoms with van der Waals surface area (Å²) in [4.78, 5) is 23.1. The predicted molar refractivity (Wildman–Crippen MR) is 80.5 cm³/mol. The van der Waals surface area contributed by atoms with E-state index >= 15 is 0 Å². The van der Waals surface area contributed by atoms with E-state index < -0.39 is 17.7 Å². The molecule has 0 fully saturated rings. The predicted octanol–water partition coefficient (Wildman–Crippen LogP) is 2.41. The summed E-state index contributed by atoms with van der Waals surface area (Å²) in [5.74, 6) is -0.427. The Morgan fingerprint density at radius 3 is 2.29 bits per heavy atom.